The average Bonchev–Trinajstić information content (AvgIpc) is 2.43. The van der Waals surface area contributed by atoms with E-state index in [9.17, 15) is 0 Å². The van der Waals surface area contributed by atoms with Gasteiger partial charge in [-0.05, 0) is 49.1 Å². The average molecular weight is 256 g/mol. The lowest BCUT2D eigenvalue weighted by Crippen LogP contribution is -2.01. The third-order valence-electron chi connectivity index (χ3n) is 3.42. The van der Waals surface area contributed by atoms with Gasteiger partial charge >= 0.3 is 0 Å². The molecule has 2 nitrogen and oxygen atoms in total. The fourth-order valence-electron chi connectivity index (χ4n) is 2.22. The van der Waals surface area contributed by atoms with Crippen LogP contribution in [0, 0.1) is 20.8 Å². The molecule has 0 heterocycles. The number of hydrogen-bond acceptors (Lipinski definition) is 2. The normalized spacial score (nSPS) is 10.3. The summed E-state index contributed by atoms with van der Waals surface area (Å²) in [4.78, 5) is 0. The fourth-order valence-corrected chi connectivity index (χ4v) is 2.22. The molecule has 0 aliphatic carbocycles. The zero-order valence-corrected chi connectivity index (χ0v) is 12.0. The summed E-state index contributed by atoms with van der Waals surface area (Å²) < 4.78 is 11.3. The van der Waals surface area contributed by atoms with E-state index >= 15 is 0 Å². The second-order valence-corrected chi connectivity index (χ2v) is 4.75. The zero-order chi connectivity index (χ0) is 13.8. The molecule has 0 aromatic heterocycles. The van der Waals surface area contributed by atoms with Gasteiger partial charge in [0.25, 0.3) is 0 Å². The van der Waals surface area contributed by atoms with Crippen molar-refractivity contribution in [1.29, 1.82) is 0 Å². The lowest BCUT2D eigenvalue weighted by Gasteiger charge is -2.16. The summed E-state index contributed by atoms with van der Waals surface area (Å²) in [5.74, 6) is 1.88. The molecule has 0 aliphatic heterocycles. The molecule has 0 saturated heterocycles. The topological polar surface area (TPSA) is 18.5 Å². The van der Waals surface area contributed by atoms with Crippen molar-refractivity contribution in [2.24, 2.45) is 0 Å². The van der Waals surface area contributed by atoms with Gasteiger partial charge in [0.05, 0.1) is 7.11 Å². The summed E-state index contributed by atoms with van der Waals surface area (Å²) in [6, 6.07) is 12.2. The highest BCUT2D eigenvalue weighted by Crippen LogP contribution is 2.33. The van der Waals surface area contributed by atoms with E-state index in [0.717, 1.165) is 28.2 Å². The second kappa shape index (κ2) is 5.79. The van der Waals surface area contributed by atoms with E-state index in [1.165, 1.54) is 5.56 Å². The summed E-state index contributed by atoms with van der Waals surface area (Å²) in [6.45, 7) is 6.77. The Bertz CT molecular complexity index is 559. The van der Waals surface area contributed by atoms with Crippen LogP contribution in [0.2, 0.25) is 0 Å². The highest BCUT2D eigenvalue weighted by Gasteiger charge is 2.11. The summed E-state index contributed by atoms with van der Waals surface area (Å²) in [6.07, 6.45) is 0. The first-order valence-corrected chi connectivity index (χ1v) is 6.45. The van der Waals surface area contributed by atoms with E-state index in [2.05, 4.69) is 26.0 Å². The van der Waals surface area contributed by atoms with E-state index in [1.807, 2.05) is 31.2 Å². The van der Waals surface area contributed by atoms with Gasteiger partial charge in [0.1, 0.15) is 18.1 Å². The van der Waals surface area contributed by atoms with Gasteiger partial charge in [-0.1, -0.05) is 30.3 Å². The lowest BCUT2D eigenvalue weighted by molar-refractivity contribution is 0.302. The van der Waals surface area contributed by atoms with E-state index in [1.54, 1.807) is 7.11 Å². The largest absolute Gasteiger partial charge is 0.496 e. The van der Waals surface area contributed by atoms with Gasteiger partial charge in [-0.2, -0.15) is 0 Å². The number of rotatable bonds is 4. The molecule has 2 heteroatoms. The molecule has 0 spiro atoms. The molecule has 0 aliphatic rings. The van der Waals surface area contributed by atoms with Gasteiger partial charge in [-0.25, -0.2) is 0 Å². The highest BCUT2D eigenvalue weighted by atomic mass is 16.5. The molecule has 0 fully saturated rings. The first-order chi connectivity index (χ1) is 9.13. The summed E-state index contributed by atoms with van der Waals surface area (Å²) in [5.41, 5.74) is 4.56. The quantitative estimate of drug-likeness (QED) is 0.816. The van der Waals surface area contributed by atoms with E-state index in [4.69, 9.17) is 9.47 Å². The van der Waals surface area contributed by atoms with Gasteiger partial charge in [0, 0.05) is 0 Å². The van der Waals surface area contributed by atoms with Crippen LogP contribution in [-0.2, 0) is 6.61 Å². The monoisotopic (exact) mass is 256 g/mol. The number of hydrogen-bond donors (Lipinski definition) is 0. The molecule has 2 aromatic rings. The van der Waals surface area contributed by atoms with Crippen molar-refractivity contribution in [3.63, 3.8) is 0 Å². The molecular weight excluding hydrogens is 236 g/mol. The Balaban J connectivity index is 2.22. The van der Waals surface area contributed by atoms with Gasteiger partial charge in [0.15, 0.2) is 0 Å². The molecule has 19 heavy (non-hydrogen) atoms. The Labute approximate surface area is 115 Å². The maximum absolute atomic E-state index is 5.93. The van der Waals surface area contributed by atoms with E-state index in [0.29, 0.717) is 6.61 Å². The number of methoxy groups -OCH3 is 1. The molecule has 100 valence electrons. The third-order valence-corrected chi connectivity index (χ3v) is 3.42. The highest BCUT2D eigenvalue weighted by molar-refractivity contribution is 5.52. The first kappa shape index (κ1) is 13.5. The zero-order valence-electron chi connectivity index (χ0n) is 12.0. The minimum Gasteiger partial charge on any atom is -0.496 e. The maximum atomic E-state index is 5.93. The Morgan fingerprint density at radius 2 is 1.63 bits per heavy atom. The minimum atomic E-state index is 0.590. The van der Waals surface area contributed by atoms with Gasteiger partial charge < -0.3 is 9.47 Å². The summed E-state index contributed by atoms with van der Waals surface area (Å²) in [5, 5.41) is 0. The van der Waals surface area contributed by atoms with Crippen molar-refractivity contribution in [2.45, 2.75) is 27.4 Å². The third kappa shape index (κ3) is 2.90. The maximum Gasteiger partial charge on any atom is 0.125 e. The van der Waals surface area contributed by atoms with Crippen LogP contribution in [0.4, 0.5) is 0 Å². The van der Waals surface area contributed by atoms with Crippen molar-refractivity contribution in [3.8, 4) is 11.5 Å². The van der Waals surface area contributed by atoms with Crippen LogP contribution in [0.1, 0.15) is 22.3 Å². The van der Waals surface area contributed by atoms with Crippen molar-refractivity contribution >= 4 is 0 Å². The summed E-state index contributed by atoms with van der Waals surface area (Å²) >= 11 is 0. The van der Waals surface area contributed by atoms with Crippen molar-refractivity contribution < 1.29 is 9.47 Å². The fraction of sp³-hybridized carbons (Fsp3) is 0.294. The second-order valence-electron chi connectivity index (χ2n) is 4.75. The molecule has 0 unspecified atom stereocenters. The van der Waals surface area contributed by atoms with Crippen molar-refractivity contribution in [1.82, 2.24) is 0 Å². The van der Waals surface area contributed by atoms with Crippen LogP contribution in [-0.4, -0.2) is 7.11 Å². The minimum absolute atomic E-state index is 0.590. The summed E-state index contributed by atoms with van der Waals surface area (Å²) in [7, 11) is 1.71. The molecule has 0 amide bonds. The van der Waals surface area contributed by atoms with Gasteiger partial charge in [-0.3, -0.25) is 0 Å². The van der Waals surface area contributed by atoms with Crippen LogP contribution in [0.5, 0.6) is 11.5 Å². The molecule has 2 aromatic carbocycles. The van der Waals surface area contributed by atoms with Crippen molar-refractivity contribution in [3.05, 3.63) is 58.7 Å². The van der Waals surface area contributed by atoms with Crippen LogP contribution in [0.15, 0.2) is 36.4 Å². The Hall–Kier alpha value is -1.96. The molecule has 0 N–H and O–H groups in total. The SMILES string of the molecule is COc1c(C)cc(OCc2ccccc2)c(C)c1C. The molecule has 0 atom stereocenters. The van der Waals surface area contributed by atoms with Crippen molar-refractivity contribution in [2.75, 3.05) is 7.11 Å². The van der Waals surface area contributed by atoms with Crippen LogP contribution < -0.4 is 9.47 Å². The standard InChI is InChI=1S/C17H20O2/c1-12-10-16(13(2)14(3)17(12)18-4)19-11-15-8-6-5-7-9-15/h5-10H,11H2,1-4H3. The Morgan fingerprint density at radius 3 is 2.26 bits per heavy atom. The Morgan fingerprint density at radius 1 is 0.947 bits per heavy atom. The predicted octanol–water partition coefficient (Wildman–Crippen LogP) is 4.20. The molecular formula is C17H20O2. The molecule has 0 saturated carbocycles. The molecule has 0 bridgehead atoms. The van der Waals surface area contributed by atoms with Crippen LogP contribution >= 0.6 is 0 Å². The first-order valence-electron chi connectivity index (χ1n) is 6.45. The number of benzene rings is 2. The molecule has 0 radical (unpaired) electrons. The van der Waals surface area contributed by atoms with Gasteiger partial charge in [0.2, 0.25) is 0 Å². The van der Waals surface area contributed by atoms with Crippen LogP contribution in [0.3, 0.4) is 0 Å². The Kier molecular flexibility index (Phi) is 4.10. The smallest absolute Gasteiger partial charge is 0.125 e. The predicted molar refractivity (Wildman–Crippen MR) is 78.0 cm³/mol. The number of aryl methyl sites for hydroxylation is 1. The van der Waals surface area contributed by atoms with Gasteiger partial charge in [-0.15, -0.1) is 0 Å². The van der Waals surface area contributed by atoms with Crippen LogP contribution in [0.25, 0.3) is 0 Å². The number of ether oxygens (including phenoxy) is 2. The lowest BCUT2D eigenvalue weighted by atomic mass is 10.0. The van der Waals surface area contributed by atoms with E-state index < -0.39 is 0 Å². The van der Waals surface area contributed by atoms with E-state index in [-0.39, 0.29) is 0 Å². The molecule has 2 rings (SSSR count).